The van der Waals surface area contributed by atoms with Crippen LogP contribution in [-0.2, 0) is 24.1 Å². The molecule has 6 heteroatoms. The first-order chi connectivity index (χ1) is 15.6. The van der Waals surface area contributed by atoms with Gasteiger partial charge in [0.05, 0.1) is 17.8 Å². The molecule has 4 aromatic rings. The summed E-state index contributed by atoms with van der Waals surface area (Å²) in [6.07, 6.45) is 1.77. The van der Waals surface area contributed by atoms with E-state index in [0.717, 1.165) is 40.9 Å². The van der Waals surface area contributed by atoms with Crippen LogP contribution in [0.1, 0.15) is 16.8 Å². The fourth-order valence-electron chi connectivity index (χ4n) is 3.97. The van der Waals surface area contributed by atoms with Crippen LogP contribution in [0.5, 0.6) is 11.5 Å². The molecule has 0 saturated carbocycles. The van der Waals surface area contributed by atoms with Crippen LogP contribution >= 0.6 is 0 Å². The Bertz CT molecular complexity index is 1300. The number of carbonyl (C=O) groups excluding carboxylic acids is 1. The molecule has 0 radical (unpaired) electrons. The van der Waals surface area contributed by atoms with E-state index < -0.39 is 0 Å². The highest BCUT2D eigenvalue weighted by molar-refractivity contribution is 5.95. The average Bonchev–Trinajstić information content (AvgIpc) is 2.80. The van der Waals surface area contributed by atoms with Gasteiger partial charge in [-0.25, -0.2) is 9.97 Å². The maximum Gasteiger partial charge on any atom is 0.230 e. The van der Waals surface area contributed by atoms with E-state index in [4.69, 9.17) is 9.97 Å². The first-order valence-corrected chi connectivity index (χ1v) is 10.4. The third kappa shape index (κ3) is 3.90. The Labute approximate surface area is 185 Å². The molecule has 0 bridgehead atoms. The molecule has 0 unspecified atom stereocenters. The summed E-state index contributed by atoms with van der Waals surface area (Å²) in [5.74, 6) is 0.492. The fourth-order valence-corrected chi connectivity index (χ4v) is 3.97. The third-order valence-corrected chi connectivity index (χ3v) is 5.57. The predicted molar refractivity (Wildman–Crippen MR) is 122 cm³/mol. The van der Waals surface area contributed by atoms with Gasteiger partial charge in [-0.1, -0.05) is 36.4 Å². The van der Waals surface area contributed by atoms with Crippen molar-refractivity contribution in [2.75, 3.05) is 5.32 Å². The molecule has 158 valence electrons. The molecule has 1 amide bonds. The molecule has 3 aromatic carbocycles. The number of hydrogen-bond acceptors (Lipinski definition) is 5. The number of hydrogen-bond donors (Lipinski definition) is 3. The van der Waals surface area contributed by atoms with Crippen molar-refractivity contribution in [3.05, 3.63) is 89.6 Å². The van der Waals surface area contributed by atoms with E-state index in [1.165, 1.54) is 5.56 Å². The van der Waals surface area contributed by atoms with Gasteiger partial charge in [-0.05, 0) is 60.4 Å². The molecule has 1 heterocycles. The SMILES string of the molecule is O=C(Cc1ccc(O)cc1)Nc1nc2c(nc1-c1ccc(O)cc1)-c1ccccc1CC2. The van der Waals surface area contributed by atoms with Crippen LogP contribution in [-0.4, -0.2) is 26.1 Å². The zero-order valence-electron chi connectivity index (χ0n) is 17.2. The van der Waals surface area contributed by atoms with Crippen molar-refractivity contribution in [3.63, 3.8) is 0 Å². The van der Waals surface area contributed by atoms with Crippen LogP contribution in [0.2, 0.25) is 0 Å². The van der Waals surface area contributed by atoms with Gasteiger partial charge in [0.2, 0.25) is 5.91 Å². The van der Waals surface area contributed by atoms with Crippen molar-refractivity contribution in [1.29, 1.82) is 0 Å². The molecule has 1 aromatic heterocycles. The summed E-state index contributed by atoms with van der Waals surface area (Å²) in [5.41, 5.74) is 6.06. The Balaban J connectivity index is 1.54. The highest BCUT2D eigenvalue weighted by Crippen LogP contribution is 2.35. The van der Waals surface area contributed by atoms with Crippen molar-refractivity contribution < 1.29 is 15.0 Å². The second-order valence-corrected chi connectivity index (χ2v) is 7.81. The lowest BCUT2D eigenvalue weighted by Crippen LogP contribution is -2.18. The van der Waals surface area contributed by atoms with E-state index in [1.807, 2.05) is 18.2 Å². The quantitative estimate of drug-likeness (QED) is 0.449. The van der Waals surface area contributed by atoms with Gasteiger partial charge in [0.15, 0.2) is 5.82 Å². The lowest BCUT2D eigenvalue weighted by molar-refractivity contribution is -0.115. The molecule has 6 nitrogen and oxygen atoms in total. The van der Waals surface area contributed by atoms with Crippen molar-refractivity contribution in [2.24, 2.45) is 0 Å². The number of benzene rings is 3. The third-order valence-electron chi connectivity index (χ3n) is 5.57. The topological polar surface area (TPSA) is 95.3 Å². The Morgan fingerprint density at radius 1 is 0.812 bits per heavy atom. The second kappa shape index (κ2) is 8.15. The number of aromatic hydroxyl groups is 2. The van der Waals surface area contributed by atoms with E-state index >= 15 is 0 Å². The van der Waals surface area contributed by atoms with Gasteiger partial charge in [-0.2, -0.15) is 0 Å². The summed E-state index contributed by atoms with van der Waals surface area (Å²) in [5, 5.41) is 22.1. The molecule has 3 N–H and O–H groups in total. The molecule has 5 rings (SSSR count). The van der Waals surface area contributed by atoms with Gasteiger partial charge < -0.3 is 15.5 Å². The number of phenols is 2. The lowest BCUT2D eigenvalue weighted by atomic mass is 9.91. The number of aromatic nitrogens is 2. The van der Waals surface area contributed by atoms with Crippen molar-refractivity contribution in [1.82, 2.24) is 9.97 Å². The highest BCUT2D eigenvalue weighted by Gasteiger charge is 2.23. The zero-order valence-corrected chi connectivity index (χ0v) is 17.2. The minimum Gasteiger partial charge on any atom is -0.508 e. The molecule has 1 aliphatic rings. The van der Waals surface area contributed by atoms with Crippen molar-refractivity contribution in [3.8, 4) is 34.0 Å². The minimum atomic E-state index is -0.221. The summed E-state index contributed by atoms with van der Waals surface area (Å²) in [6, 6.07) is 21.4. The normalized spacial score (nSPS) is 12.0. The molecular formula is C26H21N3O3. The van der Waals surface area contributed by atoms with E-state index in [2.05, 4.69) is 11.4 Å². The molecule has 0 spiro atoms. The molecule has 32 heavy (non-hydrogen) atoms. The monoisotopic (exact) mass is 423 g/mol. The summed E-state index contributed by atoms with van der Waals surface area (Å²) in [7, 11) is 0. The van der Waals surface area contributed by atoms with Crippen LogP contribution in [0.3, 0.4) is 0 Å². The highest BCUT2D eigenvalue weighted by atomic mass is 16.3. The van der Waals surface area contributed by atoms with E-state index in [9.17, 15) is 15.0 Å². The zero-order chi connectivity index (χ0) is 22.1. The standard InChI is InChI=1S/C26H21N3O3/c30-19-10-5-16(6-11-19)15-23(32)28-26-24(18-7-12-20(31)13-8-18)29-25-21-4-2-1-3-17(21)9-14-22(25)27-26/h1-8,10-13,30-31H,9,14-15H2,(H,27,28,32). The van der Waals surface area contributed by atoms with Crippen molar-refractivity contribution in [2.45, 2.75) is 19.3 Å². The largest absolute Gasteiger partial charge is 0.508 e. The predicted octanol–water partition coefficient (Wildman–Crippen LogP) is 4.50. The number of phenolic OH excluding ortho intramolecular Hbond substituents is 2. The van der Waals surface area contributed by atoms with Crippen LogP contribution in [0.25, 0.3) is 22.5 Å². The van der Waals surface area contributed by atoms with E-state index in [1.54, 1.807) is 48.5 Å². The molecular weight excluding hydrogens is 402 g/mol. The summed E-state index contributed by atoms with van der Waals surface area (Å²) in [6.45, 7) is 0. The van der Waals surface area contributed by atoms with Gasteiger partial charge >= 0.3 is 0 Å². The summed E-state index contributed by atoms with van der Waals surface area (Å²) >= 11 is 0. The van der Waals surface area contributed by atoms with Gasteiger partial charge in [0.25, 0.3) is 0 Å². The molecule has 0 atom stereocenters. The Morgan fingerprint density at radius 2 is 1.50 bits per heavy atom. The number of carbonyl (C=O) groups is 1. The number of aryl methyl sites for hydroxylation is 2. The number of nitrogens with zero attached hydrogens (tertiary/aromatic N) is 2. The van der Waals surface area contributed by atoms with Crippen LogP contribution in [0.15, 0.2) is 72.8 Å². The van der Waals surface area contributed by atoms with E-state index in [0.29, 0.717) is 11.5 Å². The maximum absolute atomic E-state index is 12.8. The molecule has 1 aliphatic carbocycles. The number of fused-ring (bicyclic) bond motifs is 3. The Hall–Kier alpha value is -4.19. The average molecular weight is 423 g/mol. The molecule has 0 saturated heterocycles. The first kappa shape index (κ1) is 19.8. The van der Waals surface area contributed by atoms with Crippen LogP contribution in [0, 0.1) is 0 Å². The smallest absolute Gasteiger partial charge is 0.230 e. The van der Waals surface area contributed by atoms with Crippen LogP contribution < -0.4 is 5.32 Å². The first-order valence-electron chi connectivity index (χ1n) is 10.4. The van der Waals surface area contributed by atoms with Gasteiger partial charge in [0, 0.05) is 11.1 Å². The van der Waals surface area contributed by atoms with Crippen LogP contribution in [0.4, 0.5) is 5.82 Å². The molecule has 0 fully saturated rings. The summed E-state index contributed by atoms with van der Waals surface area (Å²) < 4.78 is 0. The Kier molecular flexibility index (Phi) is 5.03. The number of anilines is 1. The number of nitrogens with one attached hydrogen (secondary N) is 1. The maximum atomic E-state index is 12.8. The van der Waals surface area contributed by atoms with Gasteiger partial charge in [0.1, 0.15) is 17.2 Å². The molecule has 0 aliphatic heterocycles. The second-order valence-electron chi connectivity index (χ2n) is 7.81. The van der Waals surface area contributed by atoms with E-state index in [-0.39, 0.29) is 23.8 Å². The Morgan fingerprint density at radius 3 is 2.25 bits per heavy atom. The van der Waals surface area contributed by atoms with Gasteiger partial charge in [-0.3, -0.25) is 4.79 Å². The number of amides is 1. The lowest BCUT2D eigenvalue weighted by Gasteiger charge is -2.21. The fraction of sp³-hybridized carbons (Fsp3) is 0.115. The number of rotatable bonds is 4. The minimum absolute atomic E-state index is 0.150. The van der Waals surface area contributed by atoms with Crippen molar-refractivity contribution >= 4 is 11.7 Å². The van der Waals surface area contributed by atoms with Gasteiger partial charge in [-0.15, -0.1) is 0 Å². The summed E-state index contributed by atoms with van der Waals surface area (Å²) in [4.78, 5) is 22.5.